The topological polar surface area (TPSA) is 94.2 Å². The first-order chi connectivity index (χ1) is 12.7. The summed E-state index contributed by atoms with van der Waals surface area (Å²) in [5.41, 5.74) is 4.95. The maximum atomic E-state index is 10.7. The highest BCUT2D eigenvalue weighted by Gasteiger charge is 2.56. The number of hydrogen-bond donors (Lipinski definition) is 2. The van der Waals surface area contributed by atoms with Gasteiger partial charge in [-0.05, 0) is 45.7 Å². The van der Waals surface area contributed by atoms with Crippen LogP contribution in [0.4, 0.5) is 0 Å². The first-order valence-corrected chi connectivity index (χ1v) is 9.08. The Morgan fingerprint density at radius 3 is 2.37 bits per heavy atom. The van der Waals surface area contributed by atoms with Crippen molar-refractivity contribution in [3.63, 3.8) is 0 Å². The van der Waals surface area contributed by atoms with E-state index < -0.39 is 36.5 Å². The number of aliphatic hydroxyl groups is 2. The van der Waals surface area contributed by atoms with E-state index in [1.54, 1.807) is 19.9 Å². The molecule has 0 bridgehead atoms. The van der Waals surface area contributed by atoms with Crippen LogP contribution in [0, 0.1) is 20.8 Å². The number of ether oxygens (including phenoxy) is 3. The van der Waals surface area contributed by atoms with Gasteiger partial charge in [-0.15, -0.1) is 0 Å². The average molecular weight is 375 g/mol. The summed E-state index contributed by atoms with van der Waals surface area (Å²) in [6.45, 7) is 9.58. The molecule has 2 N–H and O–H groups in total. The monoisotopic (exact) mass is 375 g/mol. The predicted molar refractivity (Wildman–Crippen MR) is 95.8 cm³/mol. The summed E-state index contributed by atoms with van der Waals surface area (Å²) >= 11 is 0. The average Bonchev–Trinajstić information content (AvgIpc) is 3.21. The first kappa shape index (κ1) is 18.6. The van der Waals surface area contributed by atoms with Crippen molar-refractivity contribution in [2.45, 2.75) is 71.1 Å². The Bertz CT molecular complexity index is 837. The van der Waals surface area contributed by atoms with Crippen molar-refractivity contribution in [2.24, 2.45) is 0 Å². The number of hydrogen-bond acceptors (Lipinski definition) is 7. The van der Waals surface area contributed by atoms with E-state index >= 15 is 0 Å². The van der Waals surface area contributed by atoms with Gasteiger partial charge in [0.2, 0.25) is 0 Å². The van der Waals surface area contributed by atoms with Crippen molar-refractivity contribution in [1.82, 2.24) is 5.16 Å². The van der Waals surface area contributed by atoms with Crippen LogP contribution < -0.4 is 0 Å². The second-order valence-corrected chi connectivity index (χ2v) is 7.89. The van der Waals surface area contributed by atoms with E-state index in [2.05, 4.69) is 17.3 Å². The van der Waals surface area contributed by atoms with E-state index in [0.29, 0.717) is 5.69 Å². The van der Waals surface area contributed by atoms with Crippen LogP contribution in [0.2, 0.25) is 0 Å². The lowest BCUT2D eigenvalue weighted by atomic mass is 9.96. The third-order valence-corrected chi connectivity index (χ3v) is 5.12. The first-order valence-electron chi connectivity index (χ1n) is 9.08. The zero-order valence-electron chi connectivity index (χ0n) is 16.1. The molecule has 5 atom stereocenters. The summed E-state index contributed by atoms with van der Waals surface area (Å²) in [7, 11) is 0. The Kier molecular flexibility index (Phi) is 4.40. The van der Waals surface area contributed by atoms with E-state index in [1.165, 1.54) is 5.56 Å². The van der Waals surface area contributed by atoms with E-state index in [4.69, 9.17) is 18.7 Å². The molecule has 2 aromatic rings. The molecule has 0 unspecified atom stereocenters. The highest BCUT2D eigenvalue weighted by atomic mass is 16.8. The number of aliphatic hydroxyl groups excluding tert-OH is 2. The Hall–Kier alpha value is -1.77. The molecular weight excluding hydrogens is 350 g/mol. The van der Waals surface area contributed by atoms with Crippen LogP contribution in [0.1, 0.15) is 42.4 Å². The quantitative estimate of drug-likeness (QED) is 0.851. The lowest BCUT2D eigenvalue weighted by Crippen LogP contribution is -2.37. The molecule has 2 fully saturated rings. The fraction of sp³-hybridized carbons (Fsp3) is 0.550. The van der Waals surface area contributed by atoms with Crippen LogP contribution in [0.3, 0.4) is 0 Å². The molecule has 2 saturated heterocycles. The van der Waals surface area contributed by atoms with Gasteiger partial charge in [-0.2, -0.15) is 0 Å². The maximum absolute atomic E-state index is 10.7. The summed E-state index contributed by atoms with van der Waals surface area (Å²) in [5, 5.41) is 25.3. The lowest BCUT2D eigenvalue weighted by molar-refractivity contribution is -0.227. The molecule has 3 heterocycles. The number of benzene rings is 1. The molecule has 4 rings (SSSR count). The minimum absolute atomic E-state index is 0.229. The molecule has 0 aliphatic carbocycles. The Morgan fingerprint density at radius 1 is 1.07 bits per heavy atom. The zero-order valence-corrected chi connectivity index (χ0v) is 16.1. The van der Waals surface area contributed by atoms with Crippen LogP contribution in [0.15, 0.2) is 22.7 Å². The van der Waals surface area contributed by atoms with Gasteiger partial charge < -0.3 is 28.9 Å². The third kappa shape index (κ3) is 3.19. The summed E-state index contributed by atoms with van der Waals surface area (Å²) in [6.07, 6.45) is -4.52. The van der Waals surface area contributed by atoms with Gasteiger partial charge in [0, 0.05) is 11.6 Å². The molecule has 27 heavy (non-hydrogen) atoms. The molecule has 2 aliphatic rings. The molecule has 7 nitrogen and oxygen atoms in total. The number of aryl methyl sites for hydroxylation is 3. The SMILES string of the molecule is Cc1cc(C)c(-c2cc([C@H](O)[C@@H]3O[C@H]4OC(C)(C)O[C@@H]4[C@H]3O)on2)c(C)c1. The Labute approximate surface area is 157 Å². The van der Waals surface area contributed by atoms with Crippen LogP contribution >= 0.6 is 0 Å². The summed E-state index contributed by atoms with van der Waals surface area (Å²) in [5.74, 6) is -0.598. The molecule has 0 saturated carbocycles. The van der Waals surface area contributed by atoms with Gasteiger partial charge in [-0.1, -0.05) is 22.9 Å². The largest absolute Gasteiger partial charge is 0.387 e. The van der Waals surface area contributed by atoms with E-state index in [-0.39, 0.29) is 5.76 Å². The van der Waals surface area contributed by atoms with Crippen molar-refractivity contribution in [3.05, 3.63) is 40.6 Å². The van der Waals surface area contributed by atoms with Crippen LogP contribution in [-0.2, 0) is 14.2 Å². The van der Waals surface area contributed by atoms with Gasteiger partial charge in [0.25, 0.3) is 0 Å². The number of nitrogens with zero attached hydrogens (tertiary/aromatic N) is 1. The Morgan fingerprint density at radius 2 is 1.74 bits per heavy atom. The van der Waals surface area contributed by atoms with Crippen LogP contribution in [0.25, 0.3) is 11.3 Å². The van der Waals surface area contributed by atoms with Crippen molar-refractivity contribution in [3.8, 4) is 11.3 Å². The van der Waals surface area contributed by atoms with E-state index in [9.17, 15) is 10.2 Å². The molecule has 0 radical (unpaired) electrons. The molecule has 1 aromatic carbocycles. The number of rotatable bonds is 3. The molecule has 0 spiro atoms. The second-order valence-electron chi connectivity index (χ2n) is 7.89. The van der Waals surface area contributed by atoms with E-state index in [1.807, 2.05) is 20.8 Å². The maximum Gasteiger partial charge on any atom is 0.190 e. The highest BCUT2D eigenvalue weighted by Crippen LogP contribution is 2.41. The minimum Gasteiger partial charge on any atom is -0.387 e. The van der Waals surface area contributed by atoms with Gasteiger partial charge in [-0.3, -0.25) is 0 Å². The summed E-state index contributed by atoms with van der Waals surface area (Å²) in [6, 6.07) is 5.84. The summed E-state index contributed by atoms with van der Waals surface area (Å²) < 4.78 is 22.3. The van der Waals surface area contributed by atoms with Crippen molar-refractivity contribution in [2.75, 3.05) is 0 Å². The van der Waals surface area contributed by atoms with Gasteiger partial charge in [-0.25, -0.2) is 0 Å². The molecule has 1 aromatic heterocycles. The zero-order chi connectivity index (χ0) is 19.5. The Balaban J connectivity index is 1.56. The molecule has 0 amide bonds. The van der Waals surface area contributed by atoms with Crippen molar-refractivity contribution < 1.29 is 28.9 Å². The smallest absolute Gasteiger partial charge is 0.190 e. The number of aromatic nitrogens is 1. The minimum atomic E-state index is -1.19. The van der Waals surface area contributed by atoms with Gasteiger partial charge >= 0.3 is 0 Å². The van der Waals surface area contributed by atoms with Gasteiger partial charge in [0.1, 0.15) is 30.1 Å². The van der Waals surface area contributed by atoms with E-state index in [0.717, 1.165) is 16.7 Å². The lowest BCUT2D eigenvalue weighted by Gasteiger charge is -2.24. The van der Waals surface area contributed by atoms with Crippen molar-refractivity contribution >= 4 is 0 Å². The molecule has 2 aliphatic heterocycles. The van der Waals surface area contributed by atoms with Crippen LogP contribution in [-0.4, -0.2) is 45.8 Å². The third-order valence-electron chi connectivity index (χ3n) is 5.12. The van der Waals surface area contributed by atoms with Crippen molar-refractivity contribution in [1.29, 1.82) is 0 Å². The van der Waals surface area contributed by atoms with Gasteiger partial charge in [0.05, 0.1) is 0 Å². The standard InChI is InChI=1S/C20H25NO6/c1-9-6-10(2)14(11(3)7-9)12-8-13(27-21-12)15(22)17-16(23)18-19(24-17)26-20(4,5)25-18/h6-8,15-19,22-23H,1-5H3/t15-,16-,17-,18+,19-/m0/s1. The highest BCUT2D eigenvalue weighted by molar-refractivity contribution is 5.68. The van der Waals surface area contributed by atoms with Gasteiger partial charge in [0.15, 0.2) is 17.8 Å². The molecular formula is C20H25NO6. The predicted octanol–water partition coefficient (Wildman–Crippen LogP) is 2.54. The fourth-order valence-corrected chi connectivity index (χ4v) is 4.07. The summed E-state index contributed by atoms with van der Waals surface area (Å²) in [4.78, 5) is 0. The number of fused-ring (bicyclic) bond motifs is 1. The van der Waals surface area contributed by atoms with Crippen LogP contribution in [0.5, 0.6) is 0 Å². The normalized spacial score (nSPS) is 30.5. The fourth-order valence-electron chi connectivity index (χ4n) is 4.07. The molecule has 146 valence electrons. The second kappa shape index (κ2) is 6.39. The molecule has 7 heteroatoms.